The molecule has 0 saturated heterocycles. The Balaban J connectivity index is 1.59. The number of hydrogen-bond acceptors (Lipinski definition) is 6. The molecule has 0 radical (unpaired) electrons. The summed E-state index contributed by atoms with van der Waals surface area (Å²) in [6, 6.07) is 13.9. The van der Waals surface area contributed by atoms with Gasteiger partial charge in [0.15, 0.2) is 0 Å². The lowest BCUT2D eigenvalue weighted by Crippen LogP contribution is -2.08. The quantitative estimate of drug-likeness (QED) is 0.424. The standard InChI is InChI=1S/C20H19NO4S/c1-2-10-23-17-6-8-18(9-7-17)25-20(22)15-4-3-5-19(11-15)24-12-16-13-26-14-21-16/h3-9,11,13-14H,2,10,12H2,1H3. The first-order chi connectivity index (χ1) is 12.7. The molecule has 0 bridgehead atoms. The molecule has 1 heterocycles. The van der Waals surface area contributed by atoms with E-state index in [9.17, 15) is 4.79 Å². The fraction of sp³-hybridized carbons (Fsp3) is 0.200. The highest BCUT2D eigenvalue weighted by Crippen LogP contribution is 2.20. The molecule has 0 fully saturated rings. The van der Waals surface area contributed by atoms with Gasteiger partial charge in [0.1, 0.15) is 23.9 Å². The van der Waals surface area contributed by atoms with Crippen LogP contribution in [0.3, 0.4) is 0 Å². The van der Waals surface area contributed by atoms with Crippen molar-refractivity contribution in [2.45, 2.75) is 20.0 Å². The number of rotatable bonds is 8. The number of nitrogens with zero attached hydrogens (tertiary/aromatic N) is 1. The third-order valence-corrected chi connectivity index (χ3v) is 4.08. The molecule has 0 unspecified atom stereocenters. The Morgan fingerprint density at radius 1 is 1.04 bits per heavy atom. The molecular formula is C20H19NO4S. The van der Waals surface area contributed by atoms with E-state index in [2.05, 4.69) is 4.98 Å². The van der Waals surface area contributed by atoms with Crippen LogP contribution in [-0.4, -0.2) is 17.6 Å². The number of carbonyl (C=O) groups excluding carboxylic acids is 1. The summed E-state index contributed by atoms with van der Waals surface area (Å²) in [4.78, 5) is 16.5. The largest absolute Gasteiger partial charge is 0.494 e. The summed E-state index contributed by atoms with van der Waals surface area (Å²) < 4.78 is 16.6. The van der Waals surface area contributed by atoms with Gasteiger partial charge in [-0.3, -0.25) is 0 Å². The van der Waals surface area contributed by atoms with E-state index in [4.69, 9.17) is 14.2 Å². The van der Waals surface area contributed by atoms with Gasteiger partial charge in [-0.05, 0) is 48.9 Å². The first-order valence-electron chi connectivity index (χ1n) is 8.29. The minimum Gasteiger partial charge on any atom is -0.494 e. The average Bonchev–Trinajstić information content (AvgIpc) is 3.20. The van der Waals surface area contributed by atoms with Crippen molar-refractivity contribution < 1.29 is 19.0 Å². The zero-order valence-corrected chi connectivity index (χ0v) is 15.2. The molecule has 6 heteroatoms. The lowest BCUT2D eigenvalue weighted by Gasteiger charge is -2.08. The van der Waals surface area contributed by atoms with Crippen LogP contribution in [-0.2, 0) is 6.61 Å². The van der Waals surface area contributed by atoms with Gasteiger partial charge in [-0.1, -0.05) is 13.0 Å². The zero-order valence-electron chi connectivity index (χ0n) is 14.4. The summed E-state index contributed by atoms with van der Waals surface area (Å²) in [7, 11) is 0. The Labute approximate surface area is 156 Å². The van der Waals surface area contributed by atoms with Crippen molar-refractivity contribution in [3.8, 4) is 17.2 Å². The Hall–Kier alpha value is -2.86. The maximum Gasteiger partial charge on any atom is 0.343 e. The third kappa shape index (κ3) is 5.07. The van der Waals surface area contributed by atoms with Crippen LogP contribution >= 0.6 is 11.3 Å². The molecule has 5 nitrogen and oxygen atoms in total. The normalized spacial score (nSPS) is 10.3. The molecule has 3 rings (SSSR count). The highest BCUT2D eigenvalue weighted by Gasteiger charge is 2.10. The highest BCUT2D eigenvalue weighted by atomic mass is 32.1. The highest BCUT2D eigenvalue weighted by molar-refractivity contribution is 7.07. The number of carbonyl (C=O) groups is 1. The molecule has 134 valence electrons. The second kappa shape index (κ2) is 9.01. The van der Waals surface area contributed by atoms with Crippen molar-refractivity contribution in [2.24, 2.45) is 0 Å². The lowest BCUT2D eigenvalue weighted by atomic mass is 10.2. The summed E-state index contributed by atoms with van der Waals surface area (Å²) in [5, 5.41) is 1.92. The van der Waals surface area contributed by atoms with Gasteiger partial charge in [0, 0.05) is 5.38 Å². The summed E-state index contributed by atoms with van der Waals surface area (Å²) in [6.45, 7) is 3.07. The third-order valence-electron chi connectivity index (χ3n) is 3.45. The second-order valence-corrected chi connectivity index (χ2v) is 6.22. The van der Waals surface area contributed by atoms with Gasteiger partial charge in [-0.25, -0.2) is 9.78 Å². The van der Waals surface area contributed by atoms with Crippen LogP contribution in [0.15, 0.2) is 59.4 Å². The molecule has 0 aliphatic rings. The first-order valence-corrected chi connectivity index (χ1v) is 9.24. The van der Waals surface area contributed by atoms with Crippen molar-refractivity contribution in [2.75, 3.05) is 6.61 Å². The topological polar surface area (TPSA) is 57.7 Å². The van der Waals surface area contributed by atoms with E-state index in [0.29, 0.717) is 30.3 Å². The Bertz CT molecular complexity index is 831. The summed E-state index contributed by atoms with van der Waals surface area (Å²) >= 11 is 1.52. The number of hydrogen-bond donors (Lipinski definition) is 0. The van der Waals surface area contributed by atoms with Gasteiger partial charge in [0.25, 0.3) is 0 Å². The van der Waals surface area contributed by atoms with Crippen molar-refractivity contribution >= 4 is 17.3 Å². The van der Waals surface area contributed by atoms with E-state index in [1.54, 1.807) is 54.0 Å². The molecule has 0 saturated carbocycles. The fourth-order valence-corrected chi connectivity index (χ4v) is 2.71. The van der Waals surface area contributed by atoms with Crippen LogP contribution in [0.25, 0.3) is 0 Å². The molecule has 0 amide bonds. The van der Waals surface area contributed by atoms with Crippen LogP contribution in [0.5, 0.6) is 17.2 Å². The van der Waals surface area contributed by atoms with Crippen LogP contribution in [0.1, 0.15) is 29.4 Å². The fourth-order valence-electron chi connectivity index (χ4n) is 2.17. The van der Waals surface area contributed by atoms with Gasteiger partial charge in [0.05, 0.1) is 23.4 Å². The smallest absolute Gasteiger partial charge is 0.343 e. The van der Waals surface area contributed by atoms with Gasteiger partial charge in [-0.2, -0.15) is 0 Å². The maximum absolute atomic E-state index is 12.3. The molecule has 0 atom stereocenters. The predicted molar refractivity (Wildman–Crippen MR) is 100 cm³/mol. The molecule has 26 heavy (non-hydrogen) atoms. The van der Waals surface area contributed by atoms with E-state index >= 15 is 0 Å². The summed E-state index contributed by atoms with van der Waals surface area (Å²) in [5.74, 6) is 1.37. The monoisotopic (exact) mass is 369 g/mol. The summed E-state index contributed by atoms with van der Waals surface area (Å²) in [5.41, 5.74) is 3.03. The number of esters is 1. The van der Waals surface area contributed by atoms with Gasteiger partial charge in [-0.15, -0.1) is 11.3 Å². The first kappa shape index (κ1) is 17.9. The summed E-state index contributed by atoms with van der Waals surface area (Å²) in [6.07, 6.45) is 0.942. The van der Waals surface area contributed by atoms with Gasteiger partial charge < -0.3 is 14.2 Å². The second-order valence-electron chi connectivity index (χ2n) is 5.51. The minimum atomic E-state index is -0.439. The average molecular weight is 369 g/mol. The van der Waals surface area contributed by atoms with Crippen LogP contribution in [0.2, 0.25) is 0 Å². The van der Waals surface area contributed by atoms with Crippen molar-refractivity contribution in [1.82, 2.24) is 4.98 Å². The Morgan fingerprint density at radius 2 is 1.85 bits per heavy atom. The van der Waals surface area contributed by atoms with Crippen molar-refractivity contribution in [3.63, 3.8) is 0 Å². The van der Waals surface area contributed by atoms with Gasteiger partial charge >= 0.3 is 5.97 Å². The van der Waals surface area contributed by atoms with E-state index in [1.165, 1.54) is 11.3 Å². The van der Waals surface area contributed by atoms with Crippen molar-refractivity contribution in [3.05, 3.63) is 70.7 Å². The molecule has 0 aliphatic heterocycles. The number of ether oxygens (including phenoxy) is 3. The molecule has 0 spiro atoms. The van der Waals surface area contributed by atoms with Gasteiger partial charge in [0.2, 0.25) is 0 Å². The van der Waals surface area contributed by atoms with E-state index in [0.717, 1.165) is 17.9 Å². The number of benzene rings is 2. The van der Waals surface area contributed by atoms with E-state index in [1.807, 2.05) is 12.3 Å². The number of thiazole rings is 1. The number of aromatic nitrogens is 1. The SMILES string of the molecule is CCCOc1ccc(OC(=O)c2cccc(OCc3cscn3)c2)cc1. The lowest BCUT2D eigenvalue weighted by molar-refractivity contribution is 0.0734. The van der Waals surface area contributed by atoms with E-state index < -0.39 is 5.97 Å². The minimum absolute atomic E-state index is 0.362. The molecule has 0 aliphatic carbocycles. The predicted octanol–water partition coefficient (Wildman–Crippen LogP) is 4.73. The molecule has 2 aromatic carbocycles. The van der Waals surface area contributed by atoms with Crippen LogP contribution < -0.4 is 14.2 Å². The van der Waals surface area contributed by atoms with Crippen LogP contribution in [0.4, 0.5) is 0 Å². The maximum atomic E-state index is 12.3. The Morgan fingerprint density at radius 3 is 2.58 bits per heavy atom. The van der Waals surface area contributed by atoms with Crippen LogP contribution in [0, 0.1) is 0 Å². The van der Waals surface area contributed by atoms with E-state index in [-0.39, 0.29) is 0 Å². The molecular weight excluding hydrogens is 350 g/mol. The zero-order chi connectivity index (χ0) is 18.2. The Kier molecular flexibility index (Phi) is 6.22. The molecule has 0 N–H and O–H groups in total. The van der Waals surface area contributed by atoms with Crippen molar-refractivity contribution in [1.29, 1.82) is 0 Å². The molecule has 3 aromatic rings. The molecule has 1 aromatic heterocycles.